The molecule has 5 nitrogen and oxygen atoms in total. The maximum Gasteiger partial charge on any atom is 0.189 e. The molecule has 2 heterocycles. The Morgan fingerprint density at radius 2 is 2.27 bits per heavy atom. The summed E-state index contributed by atoms with van der Waals surface area (Å²) in [6.07, 6.45) is 4.05. The number of aromatic nitrogens is 3. The van der Waals surface area contributed by atoms with Gasteiger partial charge in [-0.3, -0.25) is 0 Å². The molecule has 0 aromatic carbocycles. The highest BCUT2D eigenvalue weighted by Crippen LogP contribution is 2.18. The molecule has 0 saturated carbocycles. The summed E-state index contributed by atoms with van der Waals surface area (Å²) in [6, 6.07) is 0. The van der Waals surface area contributed by atoms with Gasteiger partial charge < -0.3 is 10.5 Å². The van der Waals surface area contributed by atoms with Crippen LogP contribution in [-0.4, -0.2) is 34.7 Å². The van der Waals surface area contributed by atoms with Crippen molar-refractivity contribution in [3.05, 3.63) is 17.4 Å². The molecule has 0 bridgehead atoms. The van der Waals surface area contributed by atoms with Crippen LogP contribution in [0.4, 0.5) is 0 Å². The van der Waals surface area contributed by atoms with Crippen LogP contribution in [0.25, 0.3) is 10.5 Å². The minimum Gasteiger partial charge on any atom is -0.380 e. The van der Waals surface area contributed by atoms with Crippen LogP contribution in [0.15, 0.2) is 12.4 Å². The summed E-state index contributed by atoms with van der Waals surface area (Å²) in [5.41, 5.74) is 6.24. The lowest BCUT2D eigenvalue weighted by Gasteiger charge is -2.09. The number of thiazole rings is 1. The molecule has 0 aliphatic rings. The van der Waals surface area contributed by atoms with E-state index in [0.29, 0.717) is 12.2 Å². The predicted molar refractivity (Wildman–Crippen MR) is 58.8 cm³/mol. The highest BCUT2D eigenvalue weighted by atomic mass is 32.1. The van der Waals surface area contributed by atoms with E-state index in [4.69, 9.17) is 10.5 Å². The van der Waals surface area contributed by atoms with E-state index in [-0.39, 0.29) is 6.10 Å². The van der Waals surface area contributed by atoms with Gasteiger partial charge in [0.1, 0.15) is 0 Å². The first-order valence-corrected chi connectivity index (χ1v) is 5.44. The van der Waals surface area contributed by atoms with Gasteiger partial charge in [0, 0.05) is 32.5 Å². The van der Waals surface area contributed by atoms with Crippen LogP contribution >= 0.6 is 11.3 Å². The van der Waals surface area contributed by atoms with E-state index in [2.05, 4.69) is 15.0 Å². The second-order valence-corrected chi connectivity index (χ2v) is 4.15. The molecule has 0 aliphatic heterocycles. The monoisotopic (exact) mass is 224 g/mol. The van der Waals surface area contributed by atoms with Gasteiger partial charge in [-0.1, -0.05) is 11.3 Å². The molecule has 15 heavy (non-hydrogen) atoms. The van der Waals surface area contributed by atoms with Crippen LogP contribution in [0.3, 0.4) is 0 Å². The number of nitrogens with two attached hydrogens (primary N) is 1. The first kappa shape index (κ1) is 10.4. The van der Waals surface area contributed by atoms with Gasteiger partial charge in [-0.2, -0.15) is 0 Å². The fourth-order valence-corrected chi connectivity index (χ4v) is 2.19. The van der Waals surface area contributed by atoms with Crippen molar-refractivity contribution in [2.75, 3.05) is 13.7 Å². The van der Waals surface area contributed by atoms with Crippen LogP contribution in [-0.2, 0) is 11.2 Å². The van der Waals surface area contributed by atoms with Crippen molar-refractivity contribution in [3.8, 4) is 0 Å². The van der Waals surface area contributed by atoms with E-state index in [1.807, 2.05) is 0 Å². The van der Waals surface area contributed by atoms with Crippen LogP contribution in [0.5, 0.6) is 0 Å². The van der Waals surface area contributed by atoms with Crippen molar-refractivity contribution < 1.29 is 4.74 Å². The van der Waals surface area contributed by atoms with Crippen LogP contribution in [0.2, 0.25) is 0 Å². The molecule has 1 unspecified atom stereocenters. The Labute approximate surface area is 91.3 Å². The van der Waals surface area contributed by atoms with Gasteiger partial charge in [0.05, 0.1) is 11.1 Å². The molecule has 2 rings (SSSR count). The Bertz CT molecular complexity index is 407. The number of fused-ring (bicyclic) bond motifs is 1. The summed E-state index contributed by atoms with van der Waals surface area (Å²) in [7, 11) is 1.65. The van der Waals surface area contributed by atoms with Gasteiger partial charge in [0.2, 0.25) is 0 Å². The topological polar surface area (TPSA) is 73.9 Å². The van der Waals surface area contributed by atoms with Crippen molar-refractivity contribution in [1.82, 2.24) is 15.0 Å². The molecule has 0 aliphatic carbocycles. The second-order valence-electron chi connectivity index (χ2n) is 3.09. The van der Waals surface area contributed by atoms with Crippen molar-refractivity contribution >= 4 is 21.8 Å². The number of hydrogen-bond acceptors (Lipinski definition) is 6. The molecule has 80 valence electrons. The summed E-state index contributed by atoms with van der Waals surface area (Å²) < 4.78 is 5.20. The summed E-state index contributed by atoms with van der Waals surface area (Å²) in [6.45, 7) is 0.493. The zero-order valence-corrected chi connectivity index (χ0v) is 9.20. The summed E-state index contributed by atoms with van der Waals surface area (Å²) in [5, 5.41) is 0.966. The van der Waals surface area contributed by atoms with Crippen LogP contribution in [0.1, 0.15) is 5.01 Å². The molecular weight excluding hydrogens is 212 g/mol. The summed E-state index contributed by atoms with van der Waals surface area (Å²) >= 11 is 1.54. The normalized spacial score (nSPS) is 13.2. The van der Waals surface area contributed by atoms with E-state index in [1.165, 1.54) is 11.3 Å². The number of nitrogens with zero attached hydrogens (tertiary/aromatic N) is 3. The third-order valence-corrected chi connectivity index (χ3v) is 3.07. The molecule has 2 N–H and O–H groups in total. The third-order valence-electron chi connectivity index (χ3n) is 2.09. The van der Waals surface area contributed by atoms with Gasteiger partial charge in [-0.05, 0) is 0 Å². The fourth-order valence-electron chi connectivity index (χ4n) is 1.26. The van der Waals surface area contributed by atoms with Crippen molar-refractivity contribution in [3.63, 3.8) is 0 Å². The first-order chi connectivity index (χ1) is 7.33. The standard InChI is InChI=1S/C9H12N4OS/c1-14-6(5-10)4-7-13-8-9(15-7)12-3-2-11-8/h2-3,6H,4-5,10H2,1H3. The van der Waals surface area contributed by atoms with Crippen molar-refractivity contribution in [2.24, 2.45) is 5.73 Å². The van der Waals surface area contributed by atoms with E-state index in [0.717, 1.165) is 16.3 Å². The van der Waals surface area contributed by atoms with E-state index in [9.17, 15) is 0 Å². The number of ether oxygens (including phenoxy) is 1. The molecular formula is C9H12N4OS. The molecule has 2 aromatic rings. The molecule has 0 radical (unpaired) electrons. The number of hydrogen-bond donors (Lipinski definition) is 1. The highest BCUT2D eigenvalue weighted by Gasteiger charge is 2.11. The Hall–Kier alpha value is -1.11. The van der Waals surface area contributed by atoms with Crippen molar-refractivity contribution in [1.29, 1.82) is 0 Å². The van der Waals surface area contributed by atoms with E-state index < -0.39 is 0 Å². The predicted octanol–water partition coefficient (Wildman–Crippen LogP) is 0.602. The zero-order valence-electron chi connectivity index (χ0n) is 8.38. The van der Waals surface area contributed by atoms with Gasteiger partial charge in [-0.25, -0.2) is 15.0 Å². The largest absolute Gasteiger partial charge is 0.380 e. The zero-order chi connectivity index (χ0) is 10.7. The molecule has 0 spiro atoms. The second kappa shape index (κ2) is 4.61. The molecule has 1 atom stereocenters. The Kier molecular flexibility index (Phi) is 3.20. The number of methoxy groups -OCH3 is 1. The molecule has 0 saturated heterocycles. The SMILES string of the molecule is COC(CN)Cc1nc2nccnc2s1. The Morgan fingerprint density at radius 3 is 2.93 bits per heavy atom. The van der Waals surface area contributed by atoms with Crippen LogP contribution in [0, 0.1) is 0 Å². The third kappa shape index (κ3) is 2.28. The Balaban J connectivity index is 2.21. The fraction of sp³-hybridized carbons (Fsp3) is 0.444. The minimum absolute atomic E-state index is 0.0190. The smallest absolute Gasteiger partial charge is 0.189 e. The maximum atomic E-state index is 5.55. The minimum atomic E-state index is 0.0190. The summed E-state index contributed by atoms with van der Waals surface area (Å²) in [4.78, 5) is 13.5. The average Bonchev–Trinajstić information content (AvgIpc) is 2.68. The quantitative estimate of drug-likeness (QED) is 0.823. The average molecular weight is 224 g/mol. The van der Waals surface area contributed by atoms with Crippen molar-refractivity contribution in [2.45, 2.75) is 12.5 Å². The lowest BCUT2D eigenvalue weighted by molar-refractivity contribution is 0.110. The lowest BCUT2D eigenvalue weighted by atomic mass is 10.2. The van der Waals surface area contributed by atoms with Gasteiger partial charge in [0.25, 0.3) is 0 Å². The molecule has 2 aromatic heterocycles. The summed E-state index contributed by atoms with van der Waals surface area (Å²) in [5.74, 6) is 0. The van der Waals surface area contributed by atoms with Crippen LogP contribution < -0.4 is 5.73 Å². The molecule has 0 amide bonds. The Morgan fingerprint density at radius 1 is 1.47 bits per heavy atom. The maximum absolute atomic E-state index is 5.55. The molecule has 0 fully saturated rings. The molecule has 6 heteroatoms. The highest BCUT2D eigenvalue weighted by molar-refractivity contribution is 7.18. The van der Waals surface area contributed by atoms with E-state index >= 15 is 0 Å². The lowest BCUT2D eigenvalue weighted by Crippen LogP contribution is -2.24. The van der Waals surface area contributed by atoms with E-state index in [1.54, 1.807) is 19.5 Å². The van der Waals surface area contributed by atoms with Gasteiger partial charge in [-0.15, -0.1) is 0 Å². The number of rotatable bonds is 4. The van der Waals surface area contributed by atoms with Gasteiger partial charge >= 0.3 is 0 Å². The first-order valence-electron chi connectivity index (χ1n) is 4.62. The van der Waals surface area contributed by atoms with Gasteiger partial charge in [0.15, 0.2) is 10.5 Å².